The molecule has 20 heavy (non-hydrogen) atoms. The van der Waals surface area contributed by atoms with Gasteiger partial charge in [0, 0.05) is 44.3 Å². The molecule has 3 atom stereocenters. The SMILES string of the molecule is COCc1nsc(N[C@@H](C)CN2C[C@H](C)C[C@H](C)C2)n1. The highest BCUT2D eigenvalue weighted by Crippen LogP contribution is 2.21. The first-order valence-electron chi connectivity index (χ1n) is 7.37. The zero-order chi connectivity index (χ0) is 14.5. The lowest BCUT2D eigenvalue weighted by Gasteiger charge is -2.36. The number of aromatic nitrogens is 2. The van der Waals surface area contributed by atoms with E-state index < -0.39 is 0 Å². The average Bonchev–Trinajstić information content (AvgIpc) is 2.75. The fraction of sp³-hybridized carbons (Fsp3) is 0.857. The molecule has 0 saturated carbocycles. The monoisotopic (exact) mass is 298 g/mol. The van der Waals surface area contributed by atoms with Gasteiger partial charge in [-0.3, -0.25) is 0 Å². The number of anilines is 1. The molecule has 0 amide bonds. The van der Waals surface area contributed by atoms with E-state index in [1.165, 1.54) is 31.0 Å². The number of hydrogen-bond acceptors (Lipinski definition) is 6. The average molecular weight is 298 g/mol. The highest BCUT2D eigenvalue weighted by molar-refractivity contribution is 7.09. The Balaban J connectivity index is 1.80. The quantitative estimate of drug-likeness (QED) is 0.874. The molecule has 6 heteroatoms. The minimum absolute atomic E-state index is 0.385. The number of likely N-dealkylation sites (tertiary alicyclic amines) is 1. The number of nitrogens with one attached hydrogen (secondary N) is 1. The van der Waals surface area contributed by atoms with Crippen molar-refractivity contribution in [2.45, 2.75) is 39.8 Å². The van der Waals surface area contributed by atoms with Gasteiger partial charge in [0.25, 0.3) is 0 Å². The Morgan fingerprint density at radius 1 is 1.40 bits per heavy atom. The van der Waals surface area contributed by atoms with Crippen molar-refractivity contribution in [1.29, 1.82) is 0 Å². The van der Waals surface area contributed by atoms with Crippen LogP contribution in [-0.2, 0) is 11.3 Å². The Bertz CT molecular complexity index is 402. The highest BCUT2D eigenvalue weighted by Gasteiger charge is 2.23. The number of ether oxygens (including phenoxy) is 1. The zero-order valence-corrected chi connectivity index (χ0v) is 13.7. The van der Waals surface area contributed by atoms with E-state index in [9.17, 15) is 0 Å². The van der Waals surface area contributed by atoms with E-state index in [1.54, 1.807) is 7.11 Å². The molecular weight excluding hydrogens is 272 g/mol. The highest BCUT2D eigenvalue weighted by atomic mass is 32.1. The lowest BCUT2D eigenvalue weighted by atomic mass is 9.92. The van der Waals surface area contributed by atoms with Crippen LogP contribution >= 0.6 is 11.5 Å². The maximum absolute atomic E-state index is 5.04. The molecule has 0 spiro atoms. The fourth-order valence-corrected chi connectivity index (χ4v) is 3.77. The molecule has 1 fully saturated rings. The fourth-order valence-electron chi connectivity index (χ4n) is 3.09. The third kappa shape index (κ3) is 4.68. The standard InChI is InChI=1S/C14H26N4OS/c1-10-5-11(2)7-18(6-10)8-12(3)15-14-16-13(9-19-4)17-20-14/h10-12H,5-9H2,1-4H3,(H,15,16,17)/t10-,11+,12-/m0/s1. The topological polar surface area (TPSA) is 50.3 Å². The van der Waals surface area contributed by atoms with E-state index in [0.29, 0.717) is 12.6 Å². The molecule has 2 heterocycles. The van der Waals surface area contributed by atoms with Crippen molar-refractivity contribution in [1.82, 2.24) is 14.3 Å². The predicted molar refractivity (Wildman–Crippen MR) is 83.1 cm³/mol. The van der Waals surface area contributed by atoms with Crippen LogP contribution in [0.5, 0.6) is 0 Å². The third-order valence-corrected chi connectivity index (χ3v) is 4.27. The van der Waals surface area contributed by atoms with Crippen molar-refractivity contribution >= 4 is 16.7 Å². The summed E-state index contributed by atoms with van der Waals surface area (Å²) < 4.78 is 9.30. The number of piperidine rings is 1. The van der Waals surface area contributed by atoms with E-state index in [2.05, 4.69) is 40.3 Å². The van der Waals surface area contributed by atoms with Gasteiger partial charge in [-0.2, -0.15) is 4.37 Å². The first-order valence-corrected chi connectivity index (χ1v) is 8.14. The van der Waals surface area contributed by atoms with Crippen molar-refractivity contribution in [3.05, 3.63) is 5.82 Å². The van der Waals surface area contributed by atoms with Crippen LogP contribution in [0.4, 0.5) is 5.13 Å². The van der Waals surface area contributed by atoms with Crippen molar-refractivity contribution in [3.8, 4) is 0 Å². The van der Waals surface area contributed by atoms with Gasteiger partial charge in [-0.15, -0.1) is 0 Å². The first kappa shape index (κ1) is 15.7. The summed E-state index contributed by atoms with van der Waals surface area (Å²) in [6.07, 6.45) is 1.36. The lowest BCUT2D eigenvalue weighted by Crippen LogP contribution is -2.43. The van der Waals surface area contributed by atoms with E-state index >= 15 is 0 Å². The van der Waals surface area contributed by atoms with Crippen LogP contribution < -0.4 is 5.32 Å². The van der Waals surface area contributed by atoms with Gasteiger partial charge in [-0.1, -0.05) is 13.8 Å². The number of rotatable bonds is 6. The molecule has 0 aromatic carbocycles. The molecule has 2 rings (SSSR count). The van der Waals surface area contributed by atoms with Crippen LogP contribution in [0.3, 0.4) is 0 Å². The Morgan fingerprint density at radius 2 is 2.10 bits per heavy atom. The van der Waals surface area contributed by atoms with Crippen LogP contribution in [0, 0.1) is 11.8 Å². The van der Waals surface area contributed by atoms with Crippen molar-refractivity contribution < 1.29 is 4.74 Å². The Labute approximate surface area is 125 Å². The van der Waals surface area contributed by atoms with Gasteiger partial charge in [-0.25, -0.2) is 4.98 Å². The second-order valence-corrected chi connectivity index (χ2v) is 6.91. The van der Waals surface area contributed by atoms with E-state index in [1.807, 2.05) is 0 Å². The van der Waals surface area contributed by atoms with Crippen LogP contribution in [0.15, 0.2) is 0 Å². The molecule has 0 unspecified atom stereocenters. The van der Waals surface area contributed by atoms with Crippen molar-refractivity contribution in [2.24, 2.45) is 11.8 Å². The molecule has 1 aliphatic rings. The Kier molecular flexibility index (Phi) is 5.74. The number of methoxy groups -OCH3 is 1. The second kappa shape index (κ2) is 7.33. The molecule has 1 aromatic heterocycles. The lowest BCUT2D eigenvalue weighted by molar-refractivity contribution is 0.138. The van der Waals surface area contributed by atoms with Gasteiger partial charge in [0.1, 0.15) is 6.61 Å². The van der Waals surface area contributed by atoms with Gasteiger partial charge in [0.15, 0.2) is 5.82 Å². The Morgan fingerprint density at radius 3 is 2.75 bits per heavy atom. The van der Waals surface area contributed by atoms with Crippen LogP contribution in [0.1, 0.15) is 33.0 Å². The molecule has 0 radical (unpaired) electrons. The molecule has 1 aromatic rings. The molecule has 1 aliphatic heterocycles. The van der Waals surface area contributed by atoms with Crippen LogP contribution in [0.2, 0.25) is 0 Å². The van der Waals surface area contributed by atoms with Gasteiger partial charge < -0.3 is 15.0 Å². The molecule has 0 bridgehead atoms. The summed E-state index contributed by atoms with van der Waals surface area (Å²) in [4.78, 5) is 6.98. The summed E-state index contributed by atoms with van der Waals surface area (Å²) in [5.41, 5.74) is 0. The van der Waals surface area contributed by atoms with Gasteiger partial charge >= 0.3 is 0 Å². The normalized spacial score (nSPS) is 25.6. The van der Waals surface area contributed by atoms with Crippen LogP contribution in [0.25, 0.3) is 0 Å². The molecular formula is C14H26N4OS. The summed E-state index contributed by atoms with van der Waals surface area (Å²) in [7, 11) is 1.66. The summed E-state index contributed by atoms with van der Waals surface area (Å²) in [5, 5.41) is 4.34. The maximum Gasteiger partial charge on any atom is 0.202 e. The predicted octanol–water partition coefficient (Wildman–Crippen LogP) is 2.46. The largest absolute Gasteiger partial charge is 0.377 e. The van der Waals surface area contributed by atoms with E-state index in [4.69, 9.17) is 4.74 Å². The molecule has 0 aliphatic carbocycles. The summed E-state index contributed by atoms with van der Waals surface area (Å²) >= 11 is 1.41. The first-order chi connectivity index (χ1) is 9.56. The summed E-state index contributed by atoms with van der Waals surface area (Å²) in [6.45, 7) is 10.9. The number of nitrogens with zero attached hydrogens (tertiary/aromatic N) is 3. The summed E-state index contributed by atoms with van der Waals surface area (Å²) in [5.74, 6) is 2.37. The van der Waals surface area contributed by atoms with Crippen molar-refractivity contribution in [2.75, 3.05) is 32.1 Å². The van der Waals surface area contributed by atoms with Crippen molar-refractivity contribution in [3.63, 3.8) is 0 Å². The van der Waals surface area contributed by atoms with E-state index in [-0.39, 0.29) is 0 Å². The smallest absolute Gasteiger partial charge is 0.202 e. The Hall–Kier alpha value is -0.720. The van der Waals surface area contributed by atoms with Gasteiger partial charge in [0.05, 0.1) is 0 Å². The zero-order valence-electron chi connectivity index (χ0n) is 12.9. The molecule has 1 N–H and O–H groups in total. The van der Waals surface area contributed by atoms with Gasteiger partial charge in [0.2, 0.25) is 5.13 Å². The second-order valence-electron chi connectivity index (χ2n) is 6.16. The summed E-state index contributed by atoms with van der Waals surface area (Å²) in [6, 6.07) is 0.385. The molecule has 5 nitrogen and oxygen atoms in total. The third-order valence-electron chi connectivity index (χ3n) is 3.59. The van der Waals surface area contributed by atoms with Crippen LogP contribution in [-0.4, -0.2) is 47.0 Å². The van der Waals surface area contributed by atoms with Gasteiger partial charge in [-0.05, 0) is 25.2 Å². The number of hydrogen-bond donors (Lipinski definition) is 1. The molecule has 1 saturated heterocycles. The van der Waals surface area contributed by atoms with E-state index in [0.717, 1.165) is 29.3 Å². The minimum atomic E-state index is 0.385. The maximum atomic E-state index is 5.04. The molecule has 114 valence electrons. The minimum Gasteiger partial charge on any atom is -0.377 e.